The van der Waals surface area contributed by atoms with Crippen LogP contribution in [0, 0.1) is 0 Å². The quantitative estimate of drug-likeness (QED) is 0.819. The highest BCUT2D eigenvalue weighted by Gasteiger charge is 2.24. The molecule has 0 atom stereocenters. The lowest BCUT2D eigenvalue weighted by Crippen LogP contribution is -2.41. The molecular weight excluding hydrogens is 284 g/mol. The van der Waals surface area contributed by atoms with E-state index in [1.165, 1.54) is 4.31 Å². The summed E-state index contributed by atoms with van der Waals surface area (Å²) < 4.78 is 31.1. The molecule has 2 rings (SSSR count). The maximum Gasteiger partial charge on any atom is 0.218 e. The molecule has 2 N–H and O–H groups in total. The minimum absolute atomic E-state index is 0.0382. The van der Waals surface area contributed by atoms with E-state index in [2.05, 4.69) is 0 Å². The Bertz CT molecular complexity index is 566. The van der Waals surface area contributed by atoms with Gasteiger partial charge >= 0.3 is 0 Å². The van der Waals surface area contributed by atoms with Crippen LogP contribution < -0.4 is 5.73 Å². The summed E-state index contributed by atoms with van der Waals surface area (Å²) in [6.07, 6.45) is 0. The Labute approximate surface area is 118 Å². The number of morpholine rings is 1. The molecule has 1 fully saturated rings. The van der Waals surface area contributed by atoms with Gasteiger partial charge in [0.25, 0.3) is 0 Å². The molecule has 19 heavy (non-hydrogen) atoms. The van der Waals surface area contributed by atoms with Crippen molar-refractivity contribution in [2.75, 3.05) is 26.3 Å². The van der Waals surface area contributed by atoms with Crippen molar-refractivity contribution in [3.63, 3.8) is 0 Å². The van der Waals surface area contributed by atoms with Gasteiger partial charge in [0.05, 0.1) is 19.0 Å². The number of benzene rings is 1. The number of rotatable bonds is 4. The second-order valence-corrected chi connectivity index (χ2v) is 6.74. The van der Waals surface area contributed by atoms with Crippen LogP contribution in [0.3, 0.4) is 0 Å². The van der Waals surface area contributed by atoms with E-state index in [0.717, 1.165) is 0 Å². The molecule has 0 saturated carbocycles. The van der Waals surface area contributed by atoms with Gasteiger partial charge in [-0.05, 0) is 11.6 Å². The molecular formula is C12H16N2O3S2. The zero-order valence-corrected chi connectivity index (χ0v) is 12.0. The number of hydrogen-bond acceptors (Lipinski definition) is 4. The molecule has 1 aromatic carbocycles. The molecule has 1 heterocycles. The molecule has 104 valence electrons. The Balaban J connectivity index is 2.15. The fourth-order valence-corrected chi connectivity index (χ4v) is 3.56. The minimum Gasteiger partial charge on any atom is -0.389 e. The van der Waals surface area contributed by atoms with E-state index < -0.39 is 10.0 Å². The zero-order valence-electron chi connectivity index (χ0n) is 10.4. The van der Waals surface area contributed by atoms with Crippen LogP contribution in [0.5, 0.6) is 0 Å². The van der Waals surface area contributed by atoms with Crippen LogP contribution in [-0.2, 0) is 20.5 Å². The number of thiocarbonyl (C=S) groups is 1. The number of nitrogens with two attached hydrogens (primary N) is 1. The van der Waals surface area contributed by atoms with Crippen molar-refractivity contribution in [3.8, 4) is 0 Å². The molecule has 0 bridgehead atoms. The lowest BCUT2D eigenvalue weighted by Gasteiger charge is -2.26. The van der Waals surface area contributed by atoms with Crippen LogP contribution in [-0.4, -0.2) is 44.0 Å². The first-order valence-corrected chi connectivity index (χ1v) is 7.95. The van der Waals surface area contributed by atoms with Gasteiger partial charge in [-0.3, -0.25) is 0 Å². The molecule has 1 aliphatic heterocycles. The van der Waals surface area contributed by atoms with Crippen molar-refractivity contribution in [3.05, 3.63) is 35.4 Å². The summed E-state index contributed by atoms with van der Waals surface area (Å²) in [7, 11) is -3.31. The Morgan fingerprint density at radius 2 is 2.05 bits per heavy atom. The highest BCUT2D eigenvalue weighted by molar-refractivity contribution is 7.88. The van der Waals surface area contributed by atoms with Crippen molar-refractivity contribution in [2.45, 2.75) is 5.75 Å². The molecule has 1 saturated heterocycles. The topological polar surface area (TPSA) is 72.6 Å². The van der Waals surface area contributed by atoms with Gasteiger partial charge in [-0.15, -0.1) is 0 Å². The van der Waals surface area contributed by atoms with Crippen LogP contribution >= 0.6 is 12.2 Å². The van der Waals surface area contributed by atoms with Crippen molar-refractivity contribution < 1.29 is 13.2 Å². The van der Waals surface area contributed by atoms with Crippen molar-refractivity contribution in [1.82, 2.24) is 4.31 Å². The first-order chi connectivity index (χ1) is 8.99. The molecule has 5 nitrogen and oxygen atoms in total. The fourth-order valence-electron chi connectivity index (χ4n) is 1.94. The van der Waals surface area contributed by atoms with E-state index in [-0.39, 0.29) is 10.7 Å². The lowest BCUT2D eigenvalue weighted by atomic mass is 10.1. The summed E-state index contributed by atoms with van der Waals surface area (Å²) in [4.78, 5) is 0.269. The first-order valence-electron chi connectivity index (χ1n) is 5.93. The molecule has 1 aromatic rings. The summed E-state index contributed by atoms with van der Waals surface area (Å²) >= 11 is 4.89. The predicted molar refractivity (Wildman–Crippen MR) is 77.3 cm³/mol. The molecule has 0 aromatic heterocycles. The SMILES string of the molecule is NC(=S)c1cccc(CS(=O)(=O)N2CCOCC2)c1. The largest absolute Gasteiger partial charge is 0.389 e. The van der Waals surface area contributed by atoms with Gasteiger partial charge in [0, 0.05) is 18.7 Å². The Morgan fingerprint density at radius 3 is 2.68 bits per heavy atom. The van der Waals surface area contributed by atoms with Gasteiger partial charge in [0.1, 0.15) is 4.99 Å². The van der Waals surface area contributed by atoms with E-state index in [0.29, 0.717) is 37.4 Å². The normalized spacial score (nSPS) is 17.3. The van der Waals surface area contributed by atoms with Crippen molar-refractivity contribution in [1.29, 1.82) is 0 Å². The third kappa shape index (κ3) is 3.73. The summed E-state index contributed by atoms with van der Waals surface area (Å²) in [6.45, 7) is 1.73. The maximum absolute atomic E-state index is 12.2. The molecule has 0 radical (unpaired) electrons. The van der Waals surface area contributed by atoms with E-state index in [9.17, 15) is 8.42 Å². The number of nitrogens with zero attached hydrogens (tertiary/aromatic N) is 1. The second-order valence-electron chi connectivity index (χ2n) is 4.33. The summed E-state index contributed by atoms with van der Waals surface area (Å²) in [5.74, 6) is -0.0382. The molecule has 1 aliphatic rings. The second kappa shape index (κ2) is 5.96. The van der Waals surface area contributed by atoms with E-state index in [4.69, 9.17) is 22.7 Å². The third-order valence-electron chi connectivity index (χ3n) is 2.92. The van der Waals surface area contributed by atoms with Gasteiger partial charge in [-0.25, -0.2) is 8.42 Å². The molecule has 0 spiro atoms. The standard InChI is InChI=1S/C12H16N2O3S2/c13-12(18)11-3-1-2-10(8-11)9-19(15,16)14-4-6-17-7-5-14/h1-3,8H,4-7,9H2,(H2,13,18). The van der Waals surface area contributed by atoms with Gasteiger partial charge in [-0.2, -0.15) is 4.31 Å². The smallest absolute Gasteiger partial charge is 0.218 e. The summed E-state index contributed by atoms with van der Waals surface area (Å²) in [5.41, 5.74) is 6.92. The van der Waals surface area contributed by atoms with E-state index >= 15 is 0 Å². The van der Waals surface area contributed by atoms with Crippen LogP contribution in [0.15, 0.2) is 24.3 Å². The molecule has 7 heteroatoms. The highest BCUT2D eigenvalue weighted by Crippen LogP contribution is 2.14. The number of sulfonamides is 1. The lowest BCUT2D eigenvalue weighted by molar-refractivity contribution is 0.0729. The average molecular weight is 300 g/mol. The Morgan fingerprint density at radius 1 is 1.37 bits per heavy atom. The third-order valence-corrected chi connectivity index (χ3v) is 5.01. The zero-order chi connectivity index (χ0) is 13.9. The molecule has 0 amide bonds. The number of hydrogen-bond donors (Lipinski definition) is 1. The van der Waals surface area contributed by atoms with Crippen molar-refractivity contribution >= 4 is 27.2 Å². The minimum atomic E-state index is -3.31. The Kier molecular flexibility index (Phi) is 4.51. The van der Waals surface area contributed by atoms with E-state index in [1.807, 2.05) is 0 Å². The molecule has 0 aliphatic carbocycles. The van der Waals surface area contributed by atoms with Gasteiger partial charge in [0.15, 0.2) is 0 Å². The summed E-state index contributed by atoms with van der Waals surface area (Å²) in [5, 5.41) is 0. The maximum atomic E-state index is 12.2. The van der Waals surface area contributed by atoms with Crippen LogP contribution in [0.4, 0.5) is 0 Å². The molecule has 0 unspecified atom stereocenters. The van der Waals surface area contributed by atoms with Crippen LogP contribution in [0.25, 0.3) is 0 Å². The highest BCUT2D eigenvalue weighted by atomic mass is 32.2. The van der Waals surface area contributed by atoms with Crippen LogP contribution in [0.2, 0.25) is 0 Å². The van der Waals surface area contributed by atoms with Gasteiger partial charge < -0.3 is 10.5 Å². The van der Waals surface area contributed by atoms with Gasteiger partial charge in [0.2, 0.25) is 10.0 Å². The average Bonchev–Trinajstić information content (AvgIpc) is 2.39. The van der Waals surface area contributed by atoms with Gasteiger partial charge in [-0.1, -0.05) is 30.4 Å². The fraction of sp³-hybridized carbons (Fsp3) is 0.417. The van der Waals surface area contributed by atoms with E-state index in [1.54, 1.807) is 24.3 Å². The van der Waals surface area contributed by atoms with Crippen molar-refractivity contribution in [2.24, 2.45) is 5.73 Å². The summed E-state index contributed by atoms with van der Waals surface area (Å²) in [6, 6.07) is 7.02. The number of ether oxygens (including phenoxy) is 1. The predicted octanol–water partition coefficient (Wildman–Crippen LogP) is 0.483. The first kappa shape index (κ1) is 14.4. The van der Waals surface area contributed by atoms with Crippen LogP contribution in [0.1, 0.15) is 11.1 Å². The monoisotopic (exact) mass is 300 g/mol. The Hall–Kier alpha value is -1.02.